The molecule has 44 N–H and O–H groups in total. The van der Waals surface area contributed by atoms with Gasteiger partial charge in [-0.05, 0) is 0 Å². The fourth-order valence-electron chi connectivity index (χ4n) is 14.5. The molecule has 0 aromatic carbocycles. The third kappa shape index (κ3) is 70.6. The molecule has 0 aliphatic rings. The van der Waals surface area contributed by atoms with Crippen molar-refractivity contribution in [3.8, 4) is 0 Å². The normalized spacial score (nSPS) is 13.4. The van der Waals surface area contributed by atoms with Gasteiger partial charge in [-0.2, -0.15) is 0 Å². The van der Waals surface area contributed by atoms with Crippen LogP contribution in [0.15, 0.2) is 0 Å². The number of nitrogens with two attached hydrogens (primary N) is 16. The van der Waals surface area contributed by atoms with Crippen LogP contribution in [0.3, 0.4) is 0 Å². The molecule has 0 rings (SSSR count). The summed E-state index contributed by atoms with van der Waals surface area (Å²) in [6, 6.07) is 0. The van der Waals surface area contributed by atoms with E-state index in [1.165, 1.54) is 19.6 Å². The van der Waals surface area contributed by atoms with Crippen LogP contribution in [-0.2, 0) is 57.3 Å². The summed E-state index contributed by atoms with van der Waals surface area (Å²) in [7, 11) is 0. The number of amides is 8. The first-order valence-corrected chi connectivity index (χ1v) is 47.2. The van der Waals surface area contributed by atoms with Crippen molar-refractivity contribution in [3.05, 3.63) is 0 Å². The van der Waals surface area contributed by atoms with Gasteiger partial charge in [-0.25, -0.2) is 0 Å². The Bertz CT molecular complexity index is 2320. The Balaban J connectivity index is 8.49. The highest BCUT2D eigenvalue weighted by atomic mass is 16.5. The first-order valence-electron chi connectivity index (χ1n) is 47.2. The fourth-order valence-corrected chi connectivity index (χ4v) is 14.5. The topological polar surface area (TPSA) is 806 Å². The molecule has 0 fully saturated rings. The lowest BCUT2D eigenvalue weighted by Crippen LogP contribution is -2.49. The summed E-state index contributed by atoms with van der Waals surface area (Å²) in [6.07, 6.45) is -5.75. The highest BCUT2D eigenvalue weighted by molar-refractivity contribution is 5.83. The SMILES string of the molecule is NCCN(CCN)CCNC(=O)CN(CC(=O)NCCN(CCN)CCN)CC(O)COCC(COCC(O)CN(CC(=O)NCCN(CCN)CCN)CC(=O)NCCN(CCN)CCN)(COCC(O)CN(CC(=O)NCCN(CCN)CCN)CC(=O)NCCN(CCN)CCN)COCC(O)CN(CC(=O)NCCN(CCN)CCN)CC(=O)NCCN(CCN)CCN. The molecule has 0 radical (unpaired) electrons. The average molecular weight is 1920 g/mol. The van der Waals surface area contributed by atoms with Gasteiger partial charge in [0.15, 0.2) is 0 Å². The predicted octanol–water partition coefficient (Wildman–Crippen LogP) is -20.6. The minimum absolute atomic E-state index is 0.208. The Kier molecular flexibility index (Phi) is 81.9. The fraction of sp³-hybridized carbons (Fsp3) is 0.901. The van der Waals surface area contributed by atoms with E-state index in [1.807, 2.05) is 39.2 Å². The molecule has 0 spiro atoms. The number of nitrogens with one attached hydrogen (secondary N) is 8. The number of nitrogens with zero attached hydrogens (tertiary/aromatic N) is 12. The van der Waals surface area contributed by atoms with Crippen molar-refractivity contribution < 1.29 is 77.7 Å². The van der Waals surface area contributed by atoms with Crippen LogP contribution in [0.25, 0.3) is 0 Å². The molecule has 133 heavy (non-hydrogen) atoms. The van der Waals surface area contributed by atoms with Crippen LogP contribution in [0.5, 0.6) is 0 Å². The number of carbonyl (C=O) groups is 8. The first-order chi connectivity index (χ1) is 64.2. The molecule has 4 atom stereocenters. The van der Waals surface area contributed by atoms with Crippen LogP contribution in [-0.4, -0.2) is 596 Å². The van der Waals surface area contributed by atoms with Crippen molar-refractivity contribution in [2.24, 2.45) is 97.2 Å². The Hall–Kier alpha value is -5.68. The van der Waals surface area contributed by atoms with Gasteiger partial charge in [0.1, 0.15) is 0 Å². The monoisotopic (exact) mass is 1920 g/mol. The zero-order valence-electron chi connectivity index (χ0n) is 80.2. The molecule has 0 heterocycles. The van der Waals surface area contributed by atoms with E-state index in [9.17, 15) is 58.8 Å². The van der Waals surface area contributed by atoms with Crippen molar-refractivity contribution in [2.45, 2.75) is 24.4 Å². The number of hydrogen-bond acceptors (Lipinski definition) is 44. The maximum Gasteiger partial charge on any atom is 0.234 e. The maximum absolute atomic E-state index is 13.8. The third-order valence-electron chi connectivity index (χ3n) is 20.8. The lowest BCUT2D eigenvalue weighted by Gasteiger charge is -2.35. The minimum atomic E-state index is -1.60. The highest BCUT2D eigenvalue weighted by Crippen LogP contribution is 2.22. The summed E-state index contributed by atoms with van der Waals surface area (Å²) < 4.78 is 25.9. The lowest BCUT2D eigenvalue weighted by atomic mass is 9.92. The van der Waals surface area contributed by atoms with Crippen molar-refractivity contribution in [3.63, 3.8) is 0 Å². The summed E-state index contributed by atoms with van der Waals surface area (Å²) in [4.78, 5) is 132. The molecule has 0 saturated heterocycles. The van der Waals surface area contributed by atoms with Crippen molar-refractivity contribution in [1.29, 1.82) is 0 Å². The van der Waals surface area contributed by atoms with Gasteiger partial charge in [0.2, 0.25) is 47.3 Å². The van der Waals surface area contributed by atoms with E-state index >= 15 is 0 Å². The number of carbonyl (C=O) groups excluding carboxylic acids is 8. The Labute approximate surface area is 790 Å². The molecule has 8 amide bonds. The summed E-state index contributed by atoms with van der Waals surface area (Å²) >= 11 is 0. The summed E-state index contributed by atoms with van der Waals surface area (Å²) in [5.74, 6) is -3.75. The van der Waals surface area contributed by atoms with Crippen molar-refractivity contribution >= 4 is 47.3 Å². The largest absolute Gasteiger partial charge is 0.389 e. The maximum atomic E-state index is 13.8. The van der Waals surface area contributed by atoms with Gasteiger partial charge in [-0.1, -0.05) is 0 Å². The number of hydrogen-bond donors (Lipinski definition) is 28. The molecule has 52 nitrogen and oxygen atoms in total. The van der Waals surface area contributed by atoms with Gasteiger partial charge in [0.25, 0.3) is 0 Å². The van der Waals surface area contributed by atoms with E-state index in [0.29, 0.717) is 262 Å². The van der Waals surface area contributed by atoms with E-state index in [0.717, 1.165) is 0 Å². The molecule has 0 aromatic rings. The summed E-state index contributed by atoms with van der Waals surface area (Å²) in [5, 5.41) is 71.5. The summed E-state index contributed by atoms with van der Waals surface area (Å²) in [6.45, 7) is 11.5. The second-order valence-corrected chi connectivity index (χ2v) is 33.0. The van der Waals surface area contributed by atoms with Crippen LogP contribution in [0, 0.1) is 5.41 Å². The molecular weight excluding hydrogens is 1730 g/mol. The van der Waals surface area contributed by atoms with Crippen molar-refractivity contribution in [2.75, 3.05) is 446 Å². The van der Waals surface area contributed by atoms with Crippen LogP contribution < -0.4 is 134 Å². The standard InChI is InChI=1S/C81H184N36O16/c82-1-25-106(26-2-83)41-17-98-73(122)53-114(54-74(123)99-18-42-107(27-3-84)28-4-85)49-69(118)61-130-65-81(66-131-62-70(119)50-115(55-75(124)100-19-43-108(29-5-86)30-6-87)56-76(125)101-20-44-109(31-7-88)32-8-89,67-132-63-71(120)51-116(57-77(126)102-21-45-110(33-9-90)34-10-91)58-78(127)103-22-46-111(35-11-92)36-12-93)68-133-64-72(121)52-117(59-79(128)104-23-47-112(37-13-94)38-14-95)60-80(129)105-24-48-113(39-15-96)40-16-97/h69-72,118-121H,1-68,82-97H2,(H,98,122)(H,99,123)(H,100,124)(H,101,125)(H,102,126)(H,103,127)(H,104,128)(H,105,129). The first kappa shape index (κ1) is 127. The smallest absolute Gasteiger partial charge is 0.234 e. The zero-order chi connectivity index (χ0) is 98.9. The molecule has 0 aliphatic heterocycles. The van der Waals surface area contributed by atoms with E-state index in [4.69, 9.17) is 111 Å². The molecule has 0 saturated carbocycles. The minimum Gasteiger partial charge on any atom is -0.389 e. The highest BCUT2D eigenvalue weighted by Gasteiger charge is 2.36. The van der Waals surface area contributed by atoms with E-state index in [2.05, 4.69) is 42.5 Å². The van der Waals surface area contributed by atoms with Crippen LogP contribution in [0.1, 0.15) is 0 Å². The number of aliphatic hydroxyl groups is 4. The quantitative estimate of drug-likeness (QED) is 0.0269. The number of ether oxygens (including phenoxy) is 4. The molecule has 784 valence electrons. The third-order valence-corrected chi connectivity index (χ3v) is 20.8. The Morgan fingerprint density at radius 2 is 0.308 bits per heavy atom. The summed E-state index contributed by atoms with van der Waals surface area (Å²) in [5.41, 5.74) is 92.1. The van der Waals surface area contributed by atoms with Crippen molar-refractivity contribution in [1.82, 2.24) is 101 Å². The zero-order valence-corrected chi connectivity index (χ0v) is 80.2. The molecule has 0 aromatic heterocycles. The van der Waals surface area contributed by atoms with Crippen LogP contribution >= 0.6 is 0 Å². The van der Waals surface area contributed by atoms with E-state index < -0.39 is 130 Å². The molecule has 4 unspecified atom stereocenters. The van der Waals surface area contributed by atoms with Gasteiger partial charge in [0.05, 0.1) is 135 Å². The van der Waals surface area contributed by atoms with E-state index in [-0.39, 0.29) is 131 Å². The van der Waals surface area contributed by atoms with E-state index in [1.54, 1.807) is 0 Å². The van der Waals surface area contributed by atoms with Gasteiger partial charge < -0.3 is 174 Å². The van der Waals surface area contributed by atoms with Gasteiger partial charge in [0, 0.05) is 340 Å². The van der Waals surface area contributed by atoms with Gasteiger partial charge in [-0.3, -0.25) is 97.2 Å². The molecular formula is C81H184N36O16. The molecule has 0 aliphatic carbocycles. The Morgan fingerprint density at radius 3 is 0.414 bits per heavy atom. The van der Waals surface area contributed by atoms with Crippen LogP contribution in [0.2, 0.25) is 0 Å². The number of rotatable bonds is 96. The predicted molar refractivity (Wildman–Crippen MR) is 516 cm³/mol. The average Bonchev–Trinajstić information content (AvgIpc) is 0.856. The van der Waals surface area contributed by atoms with Gasteiger partial charge in [-0.15, -0.1) is 0 Å². The van der Waals surface area contributed by atoms with Crippen LogP contribution in [0.4, 0.5) is 0 Å². The molecule has 52 heteroatoms. The lowest BCUT2D eigenvalue weighted by molar-refractivity contribution is -0.136. The second-order valence-electron chi connectivity index (χ2n) is 33.0. The van der Waals surface area contributed by atoms with Gasteiger partial charge >= 0.3 is 0 Å². The Morgan fingerprint density at radius 1 is 0.195 bits per heavy atom. The number of aliphatic hydroxyl groups excluding tert-OH is 4. The molecule has 0 bridgehead atoms. The second kappa shape index (κ2) is 85.5.